The highest BCUT2D eigenvalue weighted by molar-refractivity contribution is 5.80. The minimum atomic E-state index is -4.61. The first kappa shape index (κ1) is 12.9. The van der Waals surface area contributed by atoms with Crippen LogP contribution in [-0.4, -0.2) is 9.71 Å². The average Bonchev–Trinajstić information content (AvgIpc) is 2.77. The molecule has 3 aromatic rings. The molecule has 102 valence electrons. The largest absolute Gasteiger partial charge is 0.225 e. The van der Waals surface area contributed by atoms with Gasteiger partial charge in [-0.05, 0) is 16.9 Å². The number of nitrogens with zero attached hydrogens (tertiary/aromatic N) is 2. The van der Waals surface area contributed by atoms with Crippen LogP contribution in [0.15, 0.2) is 54.6 Å². The molecule has 1 heterocycles. The van der Waals surface area contributed by atoms with E-state index in [0.29, 0.717) is 16.6 Å². The molecule has 0 aliphatic rings. The van der Waals surface area contributed by atoms with Gasteiger partial charge in [-0.2, -0.15) is 14.0 Å². The third-order valence-corrected chi connectivity index (χ3v) is 3.01. The van der Waals surface area contributed by atoms with Gasteiger partial charge in [-0.1, -0.05) is 42.5 Å². The summed E-state index contributed by atoms with van der Waals surface area (Å²) in [5, 5.41) is 0. The number of rotatable bonds is 3. The summed E-state index contributed by atoms with van der Waals surface area (Å²) < 4.78 is 38.0. The fourth-order valence-corrected chi connectivity index (χ4v) is 2.24. The molecule has 7 heteroatoms. The Morgan fingerprint density at radius 3 is 2.25 bits per heavy atom. The number of hydrogen-bond acceptors (Lipinski definition) is 5. The SMILES string of the molecule is [O-][Cl+3]([O-])([O-])On1c(-c2ccccc2)nc2ccccc21. The lowest BCUT2D eigenvalue weighted by atomic mass is 10.2. The second-order valence-electron chi connectivity index (χ2n) is 4.03. The van der Waals surface area contributed by atoms with Crippen molar-refractivity contribution in [1.82, 2.24) is 9.71 Å². The average molecular weight is 293 g/mol. The topological polar surface area (TPSA) is 96.2 Å². The molecule has 0 fully saturated rings. The lowest BCUT2D eigenvalue weighted by molar-refractivity contribution is -1.92. The van der Waals surface area contributed by atoms with Gasteiger partial charge >= 0.3 is 0 Å². The van der Waals surface area contributed by atoms with Crippen molar-refractivity contribution < 1.29 is 28.6 Å². The zero-order chi connectivity index (χ0) is 14.2. The third kappa shape index (κ3) is 2.45. The highest BCUT2D eigenvalue weighted by Crippen LogP contribution is 2.23. The van der Waals surface area contributed by atoms with Crippen LogP contribution in [0.3, 0.4) is 0 Å². The van der Waals surface area contributed by atoms with E-state index in [1.165, 1.54) is 0 Å². The number of aromatic nitrogens is 2. The van der Waals surface area contributed by atoms with Crippen LogP contribution in [0.4, 0.5) is 0 Å². The highest BCUT2D eigenvalue weighted by atomic mass is 35.7. The van der Waals surface area contributed by atoms with E-state index in [4.69, 9.17) is 0 Å². The number of hydrogen-bond donors (Lipinski definition) is 0. The Balaban J connectivity index is 2.23. The van der Waals surface area contributed by atoms with Gasteiger partial charge in [-0.15, -0.1) is 0 Å². The Morgan fingerprint density at radius 1 is 0.900 bits per heavy atom. The number of halogens is 1. The van der Waals surface area contributed by atoms with Crippen LogP contribution in [0.2, 0.25) is 0 Å². The normalized spacial score (nSPS) is 11.8. The summed E-state index contributed by atoms with van der Waals surface area (Å²) in [4.78, 5) is 4.30. The zero-order valence-electron chi connectivity index (χ0n) is 10.1. The number of imidazole rings is 1. The van der Waals surface area contributed by atoms with Crippen LogP contribution in [0, 0.1) is 10.2 Å². The lowest BCUT2D eigenvalue weighted by Crippen LogP contribution is -2.65. The molecular formula is C13H9ClN2O4. The Labute approximate surface area is 116 Å². The molecule has 0 saturated carbocycles. The quantitative estimate of drug-likeness (QED) is 0.619. The molecule has 0 aliphatic carbocycles. The molecule has 0 aliphatic heterocycles. The molecular weight excluding hydrogens is 284 g/mol. The summed E-state index contributed by atoms with van der Waals surface area (Å²) in [7, 11) is -4.61. The van der Waals surface area contributed by atoms with E-state index in [0.717, 1.165) is 4.73 Å². The van der Waals surface area contributed by atoms with Crippen LogP contribution in [0.25, 0.3) is 22.4 Å². The van der Waals surface area contributed by atoms with Gasteiger partial charge in [0, 0.05) is 9.95 Å². The van der Waals surface area contributed by atoms with Crippen molar-refractivity contribution in [1.29, 1.82) is 0 Å². The van der Waals surface area contributed by atoms with Gasteiger partial charge in [0.1, 0.15) is 5.52 Å². The maximum atomic E-state index is 10.9. The summed E-state index contributed by atoms with van der Waals surface area (Å²) in [5.41, 5.74) is 1.58. The minimum Gasteiger partial charge on any atom is -0.225 e. The van der Waals surface area contributed by atoms with Crippen molar-refractivity contribution in [2.45, 2.75) is 0 Å². The van der Waals surface area contributed by atoms with Crippen LogP contribution >= 0.6 is 0 Å². The van der Waals surface area contributed by atoms with Gasteiger partial charge in [-0.25, -0.2) is 4.98 Å². The van der Waals surface area contributed by atoms with E-state index in [-0.39, 0.29) is 5.82 Å². The van der Waals surface area contributed by atoms with Crippen molar-refractivity contribution in [3.05, 3.63) is 54.6 Å². The van der Waals surface area contributed by atoms with Crippen molar-refractivity contribution >= 4 is 11.0 Å². The first-order chi connectivity index (χ1) is 9.54. The first-order valence-corrected chi connectivity index (χ1v) is 6.92. The lowest BCUT2D eigenvalue weighted by Gasteiger charge is -2.12. The van der Waals surface area contributed by atoms with E-state index in [1.807, 2.05) is 6.07 Å². The van der Waals surface area contributed by atoms with Crippen molar-refractivity contribution in [2.24, 2.45) is 0 Å². The Bertz CT molecular complexity index is 737. The molecule has 0 bridgehead atoms. The summed E-state index contributed by atoms with van der Waals surface area (Å²) >= 11 is 0. The van der Waals surface area contributed by atoms with Crippen LogP contribution in [0.5, 0.6) is 0 Å². The number of benzene rings is 2. The van der Waals surface area contributed by atoms with Gasteiger partial charge in [-0.3, -0.25) is 0 Å². The van der Waals surface area contributed by atoms with Gasteiger partial charge < -0.3 is 0 Å². The molecule has 0 N–H and O–H groups in total. The summed E-state index contributed by atoms with van der Waals surface area (Å²) in [6.45, 7) is 0. The van der Waals surface area contributed by atoms with Crippen molar-refractivity contribution in [2.75, 3.05) is 0 Å². The smallest absolute Gasteiger partial charge is 0.192 e. The van der Waals surface area contributed by atoms with E-state index in [9.17, 15) is 14.0 Å². The van der Waals surface area contributed by atoms with Crippen molar-refractivity contribution in [3.8, 4) is 11.4 Å². The van der Waals surface area contributed by atoms with Gasteiger partial charge in [0.05, 0.1) is 5.52 Å². The van der Waals surface area contributed by atoms with E-state index >= 15 is 0 Å². The molecule has 0 saturated heterocycles. The molecule has 1 aromatic heterocycles. The predicted octanol–water partition coefficient (Wildman–Crippen LogP) is -0.971. The molecule has 0 amide bonds. The Hall–Kier alpha value is -2.12. The van der Waals surface area contributed by atoms with Gasteiger partial charge in [0.2, 0.25) is 0 Å². The maximum Gasteiger partial charge on any atom is 0.192 e. The molecule has 3 rings (SSSR count). The van der Waals surface area contributed by atoms with Crippen LogP contribution < -0.4 is 18.4 Å². The Kier molecular flexibility index (Phi) is 3.07. The predicted molar refractivity (Wildman–Crippen MR) is 61.7 cm³/mol. The second-order valence-corrected chi connectivity index (χ2v) is 4.93. The molecule has 6 nitrogen and oxygen atoms in total. The first-order valence-electron chi connectivity index (χ1n) is 5.68. The molecule has 0 atom stereocenters. The van der Waals surface area contributed by atoms with E-state index in [1.54, 1.807) is 48.5 Å². The molecule has 20 heavy (non-hydrogen) atoms. The van der Waals surface area contributed by atoms with E-state index in [2.05, 4.69) is 9.37 Å². The molecule has 0 spiro atoms. The molecule has 0 unspecified atom stereocenters. The third-order valence-electron chi connectivity index (χ3n) is 2.70. The monoisotopic (exact) mass is 292 g/mol. The molecule has 0 radical (unpaired) electrons. The fraction of sp³-hybridized carbons (Fsp3) is 0. The second kappa shape index (κ2) is 4.77. The van der Waals surface area contributed by atoms with Gasteiger partial charge in [0.25, 0.3) is 0 Å². The maximum absolute atomic E-state index is 10.9. The van der Waals surface area contributed by atoms with Gasteiger partial charge in [0.15, 0.2) is 16.1 Å². The summed E-state index contributed by atoms with van der Waals surface area (Å²) in [6, 6.07) is 15.7. The number of para-hydroxylation sites is 2. The summed E-state index contributed by atoms with van der Waals surface area (Å²) in [5.74, 6) is 0.249. The standard InChI is InChI=1S/C13H9ClN2O4/c17-14(18,19)20-16-12-9-5-4-8-11(12)15-13(16)10-6-2-1-3-7-10/h1-9H. The summed E-state index contributed by atoms with van der Waals surface area (Å²) in [6.07, 6.45) is 0. The minimum absolute atomic E-state index is 0.249. The van der Waals surface area contributed by atoms with E-state index < -0.39 is 10.2 Å². The zero-order valence-corrected chi connectivity index (χ0v) is 10.9. The van der Waals surface area contributed by atoms with Crippen LogP contribution in [-0.2, 0) is 0 Å². The van der Waals surface area contributed by atoms with Crippen LogP contribution in [0.1, 0.15) is 0 Å². The number of fused-ring (bicyclic) bond motifs is 1. The Morgan fingerprint density at radius 2 is 1.55 bits per heavy atom. The highest BCUT2D eigenvalue weighted by Gasteiger charge is 2.26. The fourth-order valence-electron chi connectivity index (χ4n) is 1.93. The van der Waals surface area contributed by atoms with Crippen molar-refractivity contribution in [3.63, 3.8) is 0 Å². The molecule has 2 aromatic carbocycles.